The minimum absolute atomic E-state index is 0.125. The van der Waals surface area contributed by atoms with E-state index in [2.05, 4.69) is 10.3 Å². The van der Waals surface area contributed by atoms with Crippen LogP contribution in [0, 0.1) is 12.7 Å². The third-order valence-corrected chi connectivity index (χ3v) is 3.57. The molecule has 0 fully saturated rings. The van der Waals surface area contributed by atoms with Gasteiger partial charge in [0.15, 0.2) is 0 Å². The average molecular weight is 299 g/mol. The Morgan fingerprint density at radius 2 is 1.89 bits per heavy atom. The summed E-state index contributed by atoms with van der Waals surface area (Å²) in [4.78, 5) is 3.83. The first-order valence-corrected chi connectivity index (χ1v) is 6.55. The Balaban J connectivity index is 2.24. The summed E-state index contributed by atoms with van der Waals surface area (Å²) in [7, 11) is 0. The van der Waals surface area contributed by atoms with E-state index in [4.69, 9.17) is 23.2 Å². The molecule has 1 unspecified atom stereocenters. The number of benzene rings is 1. The number of rotatable bonds is 3. The number of anilines is 1. The molecule has 1 aromatic carbocycles. The van der Waals surface area contributed by atoms with E-state index in [0.717, 1.165) is 11.1 Å². The molecule has 0 bridgehead atoms. The summed E-state index contributed by atoms with van der Waals surface area (Å²) in [5.74, 6) is -0.362. The van der Waals surface area contributed by atoms with Gasteiger partial charge in [0.05, 0.1) is 22.9 Å². The highest BCUT2D eigenvalue weighted by Crippen LogP contribution is 2.31. The number of hydrogen-bond donors (Lipinski definition) is 1. The molecule has 0 amide bonds. The van der Waals surface area contributed by atoms with Gasteiger partial charge in [0.25, 0.3) is 0 Å². The van der Waals surface area contributed by atoms with Crippen molar-refractivity contribution in [3.63, 3.8) is 0 Å². The summed E-state index contributed by atoms with van der Waals surface area (Å²) >= 11 is 12.2. The third-order valence-electron chi connectivity index (χ3n) is 2.85. The van der Waals surface area contributed by atoms with Gasteiger partial charge in [-0.2, -0.15) is 0 Å². The molecule has 2 aromatic rings. The third kappa shape index (κ3) is 3.37. The zero-order chi connectivity index (χ0) is 14.0. The van der Waals surface area contributed by atoms with Crippen LogP contribution in [-0.2, 0) is 0 Å². The fourth-order valence-corrected chi connectivity index (χ4v) is 2.18. The number of halogens is 3. The van der Waals surface area contributed by atoms with Gasteiger partial charge in [-0.25, -0.2) is 4.39 Å². The Morgan fingerprint density at radius 3 is 2.58 bits per heavy atom. The maximum absolute atomic E-state index is 13.1. The van der Waals surface area contributed by atoms with E-state index in [9.17, 15) is 4.39 Å². The van der Waals surface area contributed by atoms with Crippen molar-refractivity contribution in [2.75, 3.05) is 5.32 Å². The van der Waals surface area contributed by atoms with Crippen LogP contribution in [0.15, 0.2) is 30.6 Å². The molecule has 1 atom stereocenters. The molecule has 0 saturated heterocycles. The Labute approximate surface area is 121 Å². The second kappa shape index (κ2) is 5.76. The van der Waals surface area contributed by atoms with Gasteiger partial charge in [-0.3, -0.25) is 4.98 Å². The molecule has 1 heterocycles. The Bertz CT molecular complexity index is 602. The fraction of sp³-hybridized carbons (Fsp3) is 0.214. The van der Waals surface area contributed by atoms with Crippen molar-refractivity contribution < 1.29 is 4.39 Å². The van der Waals surface area contributed by atoms with Gasteiger partial charge in [-0.1, -0.05) is 23.2 Å². The molecule has 1 N–H and O–H groups in total. The Hall–Kier alpha value is -1.32. The first kappa shape index (κ1) is 14.1. The molecule has 0 aliphatic rings. The second-order valence-electron chi connectivity index (χ2n) is 4.38. The summed E-state index contributed by atoms with van der Waals surface area (Å²) in [5, 5.41) is 4.42. The van der Waals surface area contributed by atoms with Gasteiger partial charge in [0.2, 0.25) is 0 Å². The highest BCUT2D eigenvalue weighted by Gasteiger charge is 2.10. The van der Waals surface area contributed by atoms with Gasteiger partial charge in [0, 0.05) is 11.2 Å². The highest BCUT2D eigenvalue weighted by molar-refractivity contribution is 6.35. The molecular weight excluding hydrogens is 286 g/mol. The van der Waals surface area contributed by atoms with E-state index < -0.39 is 0 Å². The molecule has 2 rings (SSSR count). The summed E-state index contributed by atoms with van der Waals surface area (Å²) < 4.78 is 13.1. The molecule has 100 valence electrons. The molecular formula is C14H13Cl2FN2. The lowest BCUT2D eigenvalue weighted by Crippen LogP contribution is -2.08. The van der Waals surface area contributed by atoms with Crippen molar-refractivity contribution in [3.8, 4) is 0 Å². The first-order chi connectivity index (χ1) is 8.97. The Morgan fingerprint density at radius 1 is 1.16 bits per heavy atom. The van der Waals surface area contributed by atoms with Gasteiger partial charge in [-0.05, 0) is 43.2 Å². The predicted molar refractivity (Wildman–Crippen MR) is 77.4 cm³/mol. The largest absolute Gasteiger partial charge is 0.377 e. The number of nitrogens with zero attached hydrogens (tertiary/aromatic N) is 1. The summed E-state index contributed by atoms with van der Waals surface area (Å²) in [6.45, 7) is 3.79. The van der Waals surface area contributed by atoms with Crippen LogP contribution in [0.3, 0.4) is 0 Å². The lowest BCUT2D eigenvalue weighted by molar-refractivity contribution is 0.616. The van der Waals surface area contributed by atoms with Crippen LogP contribution < -0.4 is 5.32 Å². The molecule has 0 aliphatic heterocycles. The lowest BCUT2D eigenvalue weighted by Gasteiger charge is -2.17. The average Bonchev–Trinajstić information content (AvgIpc) is 2.36. The molecule has 2 nitrogen and oxygen atoms in total. The SMILES string of the molecule is Cc1cc(Cl)c(NC(C)c2cncc(F)c2)cc1Cl. The minimum Gasteiger partial charge on any atom is -0.377 e. The van der Waals surface area contributed by atoms with Gasteiger partial charge in [0.1, 0.15) is 5.82 Å². The van der Waals surface area contributed by atoms with Crippen molar-refractivity contribution >= 4 is 28.9 Å². The van der Waals surface area contributed by atoms with E-state index >= 15 is 0 Å². The van der Waals surface area contributed by atoms with Gasteiger partial charge in [-0.15, -0.1) is 0 Å². The highest BCUT2D eigenvalue weighted by atomic mass is 35.5. The van der Waals surface area contributed by atoms with Crippen LogP contribution in [0.4, 0.5) is 10.1 Å². The molecule has 0 aliphatic carbocycles. The normalized spacial score (nSPS) is 12.3. The zero-order valence-corrected chi connectivity index (χ0v) is 12.1. The van der Waals surface area contributed by atoms with Crippen molar-refractivity contribution in [3.05, 3.63) is 57.6 Å². The quantitative estimate of drug-likeness (QED) is 0.861. The molecule has 0 spiro atoms. The second-order valence-corrected chi connectivity index (χ2v) is 5.20. The van der Waals surface area contributed by atoms with Crippen LogP contribution in [0.25, 0.3) is 0 Å². The van der Waals surface area contributed by atoms with Crippen LogP contribution >= 0.6 is 23.2 Å². The maximum atomic E-state index is 13.1. The van der Waals surface area contributed by atoms with Crippen molar-refractivity contribution in [1.29, 1.82) is 0 Å². The summed E-state index contributed by atoms with van der Waals surface area (Å²) in [6.07, 6.45) is 2.79. The van der Waals surface area contributed by atoms with Crippen LogP contribution in [0.1, 0.15) is 24.1 Å². The predicted octanol–water partition coefficient (Wildman–Crippen LogP) is 5.01. The van der Waals surface area contributed by atoms with E-state index in [1.165, 1.54) is 12.3 Å². The molecule has 0 saturated carbocycles. The maximum Gasteiger partial charge on any atom is 0.141 e. The molecule has 0 radical (unpaired) electrons. The number of pyridine rings is 1. The standard InChI is InChI=1S/C14H13Cl2FN2/c1-8-3-13(16)14(5-12(8)15)19-9(2)10-4-11(17)7-18-6-10/h3-7,9,19H,1-2H3. The fourth-order valence-electron chi connectivity index (χ4n) is 1.74. The topological polar surface area (TPSA) is 24.9 Å². The van der Waals surface area contributed by atoms with Crippen molar-refractivity contribution in [2.24, 2.45) is 0 Å². The van der Waals surface area contributed by atoms with Gasteiger partial charge >= 0.3 is 0 Å². The number of aryl methyl sites for hydroxylation is 1. The van der Waals surface area contributed by atoms with Crippen molar-refractivity contribution in [1.82, 2.24) is 4.98 Å². The molecule has 5 heteroatoms. The van der Waals surface area contributed by atoms with E-state index in [0.29, 0.717) is 15.7 Å². The lowest BCUT2D eigenvalue weighted by atomic mass is 10.1. The zero-order valence-electron chi connectivity index (χ0n) is 10.5. The molecule has 1 aromatic heterocycles. The van der Waals surface area contributed by atoms with E-state index in [1.807, 2.05) is 13.8 Å². The smallest absolute Gasteiger partial charge is 0.141 e. The Kier molecular flexibility index (Phi) is 4.27. The summed E-state index contributed by atoms with van der Waals surface area (Å²) in [6, 6.07) is 4.87. The summed E-state index contributed by atoms with van der Waals surface area (Å²) in [5.41, 5.74) is 2.37. The number of nitrogens with one attached hydrogen (secondary N) is 1. The van der Waals surface area contributed by atoms with Crippen molar-refractivity contribution in [2.45, 2.75) is 19.9 Å². The van der Waals surface area contributed by atoms with Gasteiger partial charge < -0.3 is 5.32 Å². The van der Waals surface area contributed by atoms with Crippen LogP contribution in [0.5, 0.6) is 0 Å². The number of hydrogen-bond acceptors (Lipinski definition) is 2. The monoisotopic (exact) mass is 298 g/mol. The van der Waals surface area contributed by atoms with Crippen LogP contribution in [-0.4, -0.2) is 4.98 Å². The number of aromatic nitrogens is 1. The van der Waals surface area contributed by atoms with E-state index in [1.54, 1.807) is 18.3 Å². The van der Waals surface area contributed by atoms with Crippen LogP contribution in [0.2, 0.25) is 10.0 Å². The first-order valence-electron chi connectivity index (χ1n) is 5.80. The molecule has 19 heavy (non-hydrogen) atoms. The van der Waals surface area contributed by atoms with E-state index in [-0.39, 0.29) is 11.9 Å². The minimum atomic E-state index is -0.362.